The van der Waals surface area contributed by atoms with Crippen LogP contribution < -0.4 is 9.64 Å². The van der Waals surface area contributed by atoms with Gasteiger partial charge in [0, 0.05) is 29.2 Å². The molecule has 7 nitrogen and oxygen atoms in total. The first-order valence-corrected chi connectivity index (χ1v) is 11.1. The van der Waals surface area contributed by atoms with Crippen molar-refractivity contribution < 1.29 is 19.4 Å². The summed E-state index contributed by atoms with van der Waals surface area (Å²) >= 11 is 0. The van der Waals surface area contributed by atoms with Gasteiger partial charge in [0.1, 0.15) is 11.5 Å². The summed E-state index contributed by atoms with van der Waals surface area (Å²) < 4.78 is 5.50. The molecule has 1 amide bonds. The molecule has 0 bridgehead atoms. The second kappa shape index (κ2) is 9.07. The molecule has 1 saturated heterocycles. The number of Topliss-reactive ketones (excluding diaryl/α,β-unsaturated/α-hetero) is 1. The van der Waals surface area contributed by atoms with Gasteiger partial charge in [-0.25, -0.2) is 0 Å². The SMILES string of the molecule is COc1ccc(/C(O)=C2/C(=O)C(=O)N(c3ccc(C#N)cc3)C2c2ccncc2)cc1C(C)(C)C. The van der Waals surface area contributed by atoms with Gasteiger partial charge in [0.05, 0.1) is 30.4 Å². The Bertz CT molecular complexity index is 1360. The third-order valence-electron chi connectivity index (χ3n) is 6.02. The summed E-state index contributed by atoms with van der Waals surface area (Å²) in [5, 5.41) is 20.6. The van der Waals surface area contributed by atoms with Gasteiger partial charge >= 0.3 is 0 Å². The Balaban J connectivity index is 1.94. The molecule has 0 spiro atoms. The zero-order valence-corrected chi connectivity index (χ0v) is 19.9. The van der Waals surface area contributed by atoms with Crippen molar-refractivity contribution >= 4 is 23.1 Å². The Morgan fingerprint density at radius 1 is 1.06 bits per heavy atom. The number of aromatic nitrogens is 1. The fourth-order valence-electron chi connectivity index (χ4n) is 4.25. The number of carbonyl (C=O) groups is 2. The normalized spacial score (nSPS) is 17.3. The number of amides is 1. The maximum atomic E-state index is 13.3. The fraction of sp³-hybridized carbons (Fsp3) is 0.214. The molecule has 2 aromatic carbocycles. The van der Waals surface area contributed by atoms with Crippen molar-refractivity contribution in [3.05, 3.63) is 94.8 Å². The molecule has 1 N–H and O–H groups in total. The van der Waals surface area contributed by atoms with Crippen LogP contribution in [0.1, 0.15) is 49.1 Å². The number of aliphatic hydroxyl groups is 1. The van der Waals surface area contributed by atoms with Crippen molar-refractivity contribution in [1.29, 1.82) is 5.26 Å². The van der Waals surface area contributed by atoms with Gasteiger partial charge in [-0.05, 0) is 65.6 Å². The molecule has 1 atom stereocenters. The molecule has 35 heavy (non-hydrogen) atoms. The van der Waals surface area contributed by atoms with Crippen LogP contribution in [0.4, 0.5) is 5.69 Å². The molecule has 2 heterocycles. The van der Waals surface area contributed by atoms with Gasteiger partial charge < -0.3 is 9.84 Å². The number of nitrogens with zero attached hydrogens (tertiary/aromatic N) is 3. The van der Waals surface area contributed by atoms with Gasteiger partial charge in [0.25, 0.3) is 11.7 Å². The van der Waals surface area contributed by atoms with Crippen LogP contribution in [0.25, 0.3) is 5.76 Å². The monoisotopic (exact) mass is 467 g/mol. The fourth-order valence-corrected chi connectivity index (χ4v) is 4.25. The van der Waals surface area contributed by atoms with E-state index in [0.717, 1.165) is 5.56 Å². The molecule has 0 aliphatic carbocycles. The Morgan fingerprint density at radius 3 is 2.29 bits per heavy atom. The van der Waals surface area contributed by atoms with E-state index < -0.39 is 17.7 Å². The minimum Gasteiger partial charge on any atom is -0.507 e. The molecule has 7 heteroatoms. The smallest absolute Gasteiger partial charge is 0.300 e. The van der Waals surface area contributed by atoms with Crippen molar-refractivity contribution in [1.82, 2.24) is 4.98 Å². The molecule has 3 aromatic rings. The molecule has 176 valence electrons. The van der Waals surface area contributed by atoms with Gasteiger partial charge in [-0.3, -0.25) is 19.5 Å². The molecule has 1 unspecified atom stereocenters. The largest absolute Gasteiger partial charge is 0.507 e. The number of anilines is 1. The minimum absolute atomic E-state index is 0.0180. The van der Waals surface area contributed by atoms with E-state index in [9.17, 15) is 14.7 Å². The average Bonchev–Trinajstić information content (AvgIpc) is 3.13. The lowest BCUT2D eigenvalue weighted by atomic mass is 9.84. The van der Waals surface area contributed by atoms with Crippen LogP contribution in [0, 0.1) is 11.3 Å². The number of ketones is 1. The summed E-state index contributed by atoms with van der Waals surface area (Å²) in [6.07, 6.45) is 3.14. The zero-order valence-electron chi connectivity index (χ0n) is 19.9. The van der Waals surface area contributed by atoms with Crippen molar-refractivity contribution in [3.8, 4) is 11.8 Å². The van der Waals surface area contributed by atoms with E-state index in [4.69, 9.17) is 10.00 Å². The summed E-state index contributed by atoms with van der Waals surface area (Å²) in [5.74, 6) is -1.16. The quantitative estimate of drug-likeness (QED) is 0.333. The van der Waals surface area contributed by atoms with E-state index in [1.165, 1.54) is 4.90 Å². The summed E-state index contributed by atoms with van der Waals surface area (Å²) in [6, 6.07) is 16.2. The van der Waals surface area contributed by atoms with E-state index in [0.29, 0.717) is 28.1 Å². The van der Waals surface area contributed by atoms with E-state index >= 15 is 0 Å². The van der Waals surface area contributed by atoms with Crippen LogP contribution >= 0.6 is 0 Å². The number of benzene rings is 2. The Labute approximate surface area is 203 Å². The van der Waals surface area contributed by atoms with Crippen molar-refractivity contribution in [3.63, 3.8) is 0 Å². The second-order valence-corrected chi connectivity index (χ2v) is 9.27. The van der Waals surface area contributed by atoms with Crippen LogP contribution in [0.5, 0.6) is 5.75 Å². The van der Waals surface area contributed by atoms with Crippen molar-refractivity contribution in [2.45, 2.75) is 32.2 Å². The molecule has 1 aliphatic rings. The molecular formula is C28H25N3O4. The Kier molecular flexibility index (Phi) is 6.14. The Hall–Kier alpha value is -4.44. The van der Waals surface area contributed by atoms with Crippen LogP contribution in [-0.4, -0.2) is 28.9 Å². The maximum absolute atomic E-state index is 13.3. The van der Waals surface area contributed by atoms with Crippen LogP contribution in [0.15, 0.2) is 72.6 Å². The van der Waals surface area contributed by atoms with E-state index in [2.05, 4.69) is 4.98 Å². The molecular weight excluding hydrogens is 442 g/mol. The molecule has 4 rings (SSSR count). The highest BCUT2D eigenvalue weighted by molar-refractivity contribution is 6.51. The maximum Gasteiger partial charge on any atom is 0.300 e. The third-order valence-corrected chi connectivity index (χ3v) is 6.02. The first-order valence-electron chi connectivity index (χ1n) is 11.1. The van der Waals surface area contributed by atoms with E-state index in [1.54, 1.807) is 74.1 Å². The van der Waals surface area contributed by atoms with Gasteiger partial charge in [-0.1, -0.05) is 20.8 Å². The molecule has 1 fully saturated rings. The first-order chi connectivity index (χ1) is 16.7. The van der Waals surface area contributed by atoms with Gasteiger partial charge in [-0.2, -0.15) is 5.26 Å². The number of aliphatic hydroxyl groups excluding tert-OH is 1. The van der Waals surface area contributed by atoms with E-state index in [1.807, 2.05) is 26.8 Å². The highest BCUT2D eigenvalue weighted by Crippen LogP contribution is 2.43. The number of rotatable bonds is 4. The first kappa shape index (κ1) is 23.7. The lowest BCUT2D eigenvalue weighted by Gasteiger charge is -2.26. The third kappa shape index (κ3) is 4.26. The highest BCUT2D eigenvalue weighted by Gasteiger charge is 2.47. The number of ether oxygens (including phenoxy) is 1. The number of carbonyl (C=O) groups excluding carboxylic acids is 2. The predicted molar refractivity (Wildman–Crippen MR) is 132 cm³/mol. The van der Waals surface area contributed by atoms with Crippen molar-refractivity contribution in [2.24, 2.45) is 0 Å². The number of methoxy groups -OCH3 is 1. The van der Waals surface area contributed by atoms with Crippen LogP contribution in [-0.2, 0) is 15.0 Å². The number of hydrogen-bond acceptors (Lipinski definition) is 6. The topological polar surface area (TPSA) is 104 Å². The highest BCUT2D eigenvalue weighted by atomic mass is 16.5. The summed E-state index contributed by atoms with van der Waals surface area (Å²) in [5.41, 5.74) is 2.44. The van der Waals surface area contributed by atoms with Crippen LogP contribution in [0.2, 0.25) is 0 Å². The average molecular weight is 468 g/mol. The number of pyridine rings is 1. The summed E-state index contributed by atoms with van der Waals surface area (Å²) in [6.45, 7) is 6.07. The lowest BCUT2D eigenvalue weighted by Crippen LogP contribution is -2.29. The number of hydrogen-bond donors (Lipinski definition) is 1. The number of nitriles is 1. The molecule has 1 aliphatic heterocycles. The Morgan fingerprint density at radius 2 is 1.71 bits per heavy atom. The summed E-state index contributed by atoms with van der Waals surface area (Å²) in [7, 11) is 1.58. The van der Waals surface area contributed by atoms with Gasteiger partial charge in [-0.15, -0.1) is 0 Å². The van der Waals surface area contributed by atoms with Crippen LogP contribution in [0.3, 0.4) is 0 Å². The molecule has 0 radical (unpaired) electrons. The van der Waals surface area contributed by atoms with E-state index in [-0.39, 0.29) is 16.7 Å². The molecule has 0 saturated carbocycles. The zero-order chi connectivity index (χ0) is 25.3. The minimum atomic E-state index is -0.869. The van der Waals surface area contributed by atoms with Crippen molar-refractivity contribution in [2.75, 3.05) is 12.0 Å². The second-order valence-electron chi connectivity index (χ2n) is 9.27. The van der Waals surface area contributed by atoms with Gasteiger partial charge in [0.15, 0.2) is 0 Å². The standard InChI is InChI=1S/C28H25N3O4/c1-28(2,3)21-15-19(7-10-22(21)35-4)25(32)23-24(18-11-13-30-14-12-18)31(27(34)26(23)33)20-8-5-17(16-29)6-9-20/h5-15,24,32H,1-4H3/b25-23-. The molecule has 1 aromatic heterocycles. The predicted octanol–water partition coefficient (Wildman–Crippen LogP) is 4.89. The summed E-state index contributed by atoms with van der Waals surface area (Å²) in [4.78, 5) is 32.0. The van der Waals surface area contributed by atoms with Gasteiger partial charge in [0.2, 0.25) is 0 Å². The lowest BCUT2D eigenvalue weighted by molar-refractivity contribution is -0.132.